The number of H-pyrrole nitrogens is 1. The quantitative estimate of drug-likeness (QED) is 0.581. The Bertz CT molecular complexity index is 1060. The van der Waals surface area contributed by atoms with Crippen molar-refractivity contribution in [2.24, 2.45) is 0 Å². The van der Waals surface area contributed by atoms with Crippen LogP contribution in [0.15, 0.2) is 45.6 Å². The predicted octanol–water partition coefficient (Wildman–Crippen LogP) is 3.58. The van der Waals surface area contributed by atoms with Crippen molar-refractivity contribution in [2.45, 2.75) is 0 Å². The third kappa shape index (κ3) is 1.57. The van der Waals surface area contributed by atoms with E-state index in [9.17, 15) is 9.18 Å². The van der Waals surface area contributed by atoms with Crippen LogP contribution < -0.4 is 10.2 Å². The molecule has 21 heavy (non-hydrogen) atoms. The van der Waals surface area contributed by atoms with Crippen LogP contribution in [-0.2, 0) is 0 Å². The van der Waals surface area contributed by atoms with Crippen molar-refractivity contribution >= 4 is 33.0 Å². The van der Waals surface area contributed by atoms with E-state index in [1.165, 1.54) is 19.2 Å². The van der Waals surface area contributed by atoms with Gasteiger partial charge in [-0.3, -0.25) is 4.79 Å². The number of para-hydroxylation sites is 1. The standard InChI is InChI=1S/C16H10FNO3/c1-20-12-4-2-3-9-13-16(21-15(9)12)14(19)10-7-8(17)5-6-11(10)18-13/h2-7H,1H3,(H,18,19). The average Bonchev–Trinajstić information content (AvgIpc) is 2.87. The van der Waals surface area contributed by atoms with E-state index in [-0.39, 0.29) is 16.4 Å². The van der Waals surface area contributed by atoms with Gasteiger partial charge in [0.2, 0.25) is 5.43 Å². The van der Waals surface area contributed by atoms with Gasteiger partial charge in [-0.15, -0.1) is 0 Å². The summed E-state index contributed by atoms with van der Waals surface area (Å²) < 4.78 is 24.2. The Morgan fingerprint density at radius 1 is 1.14 bits per heavy atom. The Hall–Kier alpha value is -2.82. The van der Waals surface area contributed by atoms with Gasteiger partial charge in [0, 0.05) is 5.39 Å². The average molecular weight is 283 g/mol. The Balaban J connectivity index is 2.27. The van der Waals surface area contributed by atoms with Gasteiger partial charge in [-0.25, -0.2) is 4.39 Å². The molecule has 4 nitrogen and oxygen atoms in total. The maximum atomic E-state index is 13.3. The zero-order valence-electron chi connectivity index (χ0n) is 11.1. The lowest BCUT2D eigenvalue weighted by Gasteiger charge is -1.99. The third-order valence-electron chi connectivity index (χ3n) is 3.59. The molecule has 2 heterocycles. The number of pyridine rings is 1. The van der Waals surface area contributed by atoms with Gasteiger partial charge in [-0.2, -0.15) is 0 Å². The summed E-state index contributed by atoms with van der Waals surface area (Å²) in [4.78, 5) is 15.6. The van der Waals surface area contributed by atoms with E-state index in [1.807, 2.05) is 12.1 Å². The summed E-state index contributed by atoms with van der Waals surface area (Å²) in [6, 6.07) is 9.49. The summed E-state index contributed by atoms with van der Waals surface area (Å²) in [6.07, 6.45) is 0. The number of halogens is 1. The number of fused-ring (bicyclic) bond motifs is 4. The number of ether oxygens (including phenoxy) is 1. The molecular formula is C16H10FNO3. The summed E-state index contributed by atoms with van der Waals surface area (Å²) in [5.74, 6) is 0.0905. The first kappa shape index (κ1) is 12.0. The summed E-state index contributed by atoms with van der Waals surface area (Å²) in [6.45, 7) is 0. The molecule has 5 heteroatoms. The zero-order valence-corrected chi connectivity index (χ0v) is 11.1. The molecule has 0 atom stereocenters. The first-order valence-corrected chi connectivity index (χ1v) is 6.40. The molecule has 0 saturated heterocycles. The van der Waals surface area contributed by atoms with Crippen LogP contribution >= 0.6 is 0 Å². The Kier molecular flexibility index (Phi) is 2.33. The van der Waals surface area contributed by atoms with Crippen molar-refractivity contribution in [3.63, 3.8) is 0 Å². The van der Waals surface area contributed by atoms with Gasteiger partial charge in [-0.1, -0.05) is 6.07 Å². The molecule has 4 rings (SSSR count). The topological polar surface area (TPSA) is 55.2 Å². The minimum Gasteiger partial charge on any atom is -0.493 e. The van der Waals surface area contributed by atoms with Crippen LogP contribution in [0, 0.1) is 5.82 Å². The Morgan fingerprint density at radius 2 is 2.00 bits per heavy atom. The number of methoxy groups -OCH3 is 1. The molecule has 104 valence electrons. The number of hydrogen-bond donors (Lipinski definition) is 1. The van der Waals surface area contributed by atoms with Gasteiger partial charge >= 0.3 is 0 Å². The van der Waals surface area contributed by atoms with E-state index in [1.54, 1.807) is 12.1 Å². The first-order valence-electron chi connectivity index (χ1n) is 6.40. The van der Waals surface area contributed by atoms with Crippen molar-refractivity contribution in [2.75, 3.05) is 7.11 Å². The van der Waals surface area contributed by atoms with Gasteiger partial charge in [0.05, 0.1) is 23.5 Å². The fraction of sp³-hybridized carbons (Fsp3) is 0.0625. The molecule has 2 aromatic carbocycles. The lowest BCUT2D eigenvalue weighted by atomic mass is 10.1. The van der Waals surface area contributed by atoms with Crippen LogP contribution in [0.3, 0.4) is 0 Å². The highest BCUT2D eigenvalue weighted by atomic mass is 19.1. The highest BCUT2D eigenvalue weighted by Crippen LogP contribution is 2.33. The molecule has 0 fully saturated rings. The Morgan fingerprint density at radius 3 is 2.81 bits per heavy atom. The summed E-state index contributed by atoms with van der Waals surface area (Å²) in [7, 11) is 1.54. The zero-order chi connectivity index (χ0) is 14.6. The van der Waals surface area contributed by atoms with Crippen LogP contribution in [0.1, 0.15) is 0 Å². The lowest BCUT2D eigenvalue weighted by Crippen LogP contribution is -2.02. The van der Waals surface area contributed by atoms with E-state index in [0.717, 1.165) is 5.39 Å². The fourth-order valence-electron chi connectivity index (χ4n) is 2.61. The molecule has 4 aromatic rings. The summed E-state index contributed by atoms with van der Waals surface area (Å²) in [5, 5.41) is 1.02. The molecule has 1 N–H and O–H groups in total. The van der Waals surface area contributed by atoms with Crippen molar-refractivity contribution < 1.29 is 13.5 Å². The number of furan rings is 1. The van der Waals surface area contributed by atoms with Gasteiger partial charge < -0.3 is 14.1 Å². The van der Waals surface area contributed by atoms with Crippen molar-refractivity contribution in [1.82, 2.24) is 4.98 Å². The van der Waals surface area contributed by atoms with Gasteiger partial charge in [0.15, 0.2) is 16.9 Å². The minimum absolute atomic E-state index is 0.174. The molecule has 0 aliphatic carbocycles. The van der Waals surface area contributed by atoms with Crippen molar-refractivity contribution in [3.8, 4) is 5.75 Å². The van der Waals surface area contributed by atoms with Crippen LogP contribution in [0.25, 0.3) is 33.0 Å². The predicted molar refractivity (Wildman–Crippen MR) is 78.4 cm³/mol. The maximum Gasteiger partial charge on any atom is 0.232 e. The number of rotatable bonds is 1. The number of benzene rings is 2. The normalized spacial score (nSPS) is 11.5. The highest BCUT2D eigenvalue weighted by molar-refractivity contribution is 6.07. The molecule has 0 spiro atoms. The minimum atomic E-state index is -0.457. The molecule has 0 aliphatic heterocycles. The van der Waals surface area contributed by atoms with E-state index in [2.05, 4.69) is 4.98 Å². The second-order valence-corrected chi connectivity index (χ2v) is 4.79. The Labute approximate surface area is 117 Å². The van der Waals surface area contributed by atoms with E-state index < -0.39 is 5.82 Å². The monoisotopic (exact) mass is 283 g/mol. The molecule has 0 unspecified atom stereocenters. The van der Waals surface area contributed by atoms with Crippen LogP contribution in [0.2, 0.25) is 0 Å². The van der Waals surface area contributed by atoms with Crippen LogP contribution in [0.5, 0.6) is 5.75 Å². The smallest absolute Gasteiger partial charge is 0.232 e. The van der Waals surface area contributed by atoms with Crippen LogP contribution in [-0.4, -0.2) is 12.1 Å². The first-order chi connectivity index (χ1) is 10.2. The largest absolute Gasteiger partial charge is 0.493 e. The van der Waals surface area contributed by atoms with Gasteiger partial charge in [0.25, 0.3) is 0 Å². The number of hydrogen-bond acceptors (Lipinski definition) is 3. The summed E-state index contributed by atoms with van der Waals surface area (Å²) in [5.41, 5.74) is 1.50. The number of nitrogens with one attached hydrogen (secondary N) is 1. The molecule has 2 aromatic heterocycles. The molecule has 0 aliphatic rings. The van der Waals surface area contributed by atoms with Crippen molar-refractivity contribution in [1.29, 1.82) is 0 Å². The van der Waals surface area contributed by atoms with Gasteiger partial charge in [0.1, 0.15) is 5.82 Å². The van der Waals surface area contributed by atoms with Gasteiger partial charge in [-0.05, 0) is 30.3 Å². The van der Waals surface area contributed by atoms with Crippen molar-refractivity contribution in [3.05, 3.63) is 52.4 Å². The molecular weight excluding hydrogens is 273 g/mol. The number of aromatic nitrogens is 1. The molecule has 0 radical (unpaired) electrons. The van der Waals surface area contributed by atoms with E-state index in [4.69, 9.17) is 9.15 Å². The second-order valence-electron chi connectivity index (χ2n) is 4.79. The van der Waals surface area contributed by atoms with E-state index >= 15 is 0 Å². The fourth-order valence-corrected chi connectivity index (χ4v) is 2.61. The molecule has 0 bridgehead atoms. The molecule has 0 saturated carbocycles. The SMILES string of the molecule is COc1cccc2c1oc1c(=O)c3cc(F)ccc3[nH]c12. The lowest BCUT2D eigenvalue weighted by molar-refractivity contribution is 0.412. The maximum absolute atomic E-state index is 13.3. The number of aromatic amines is 1. The highest BCUT2D eigenvalue weighted by Gasteiger charge is 2.16. The van der Waals surface area contributed by atoms with Crippen LogP contribution in [0.4, 0.5) is 4.39 Å². The molecule has 0 amide bonds. The summed E-state index contributed by atoms with van der Waals surface area (Å²) >= 11 is 0. The second kappa shape index (κ2) is 4.09. The van der Waals surface area contributed by atoms with E-state index in [0.29, 0.717) is 22.4 Å². The third-order valence-corrected chi connectivity index (χ3v) is 3.59.